The maximum Gasteiger partial charge on any atom is 0.184 e. The minimum atomic E-state index is 0.00598. The fourth-order valence-electron chi connectivity index (χ4n) is 2.07. The number of hydrogen-bond acceptors (Lipinski definition) is 5. The molecule has 0 bridgehead atoms. The predicted octanol–water partition coefficient (Wildman–Crippen LogP) is 2.87. The second-order valence-electron chi connectivity index (χ2n) is 4.51. The maximum absolute atomic E-state index is 11.3. The summed E-state index contributed by atoms with van der Waals surface area (Å²) in [7, 11) is 0. The Morgan fingerprint density at radius 1 is 1.15 bits per heavy atom. The smallest absolute Gasteiger partial charge is 0.184 e. The summed E-state index contributed by atoms with van der Waals surface area (Å²) < 4.78 is 0. The molecule has 100 valence electrons. The van der Waals surface area contributed by atoms with Crippen molar-refractivity contribution in [1.82, 2.24) is 0 Å². The van der Waals surface area contributed by atoms with Gasteiger partial charge in [-0.25, -0.2) is 5.06 Å². The zero-order valence-corrected chi connectivity index (χ0v) is 10.9. The normalized spacial score (nSPS) is 13.3. The number of fused-ring (bicyclic) bond motifs is 1. The quantitative estimate of drug-likeness (QED) is 0.821. The molecular formula is C15H13N3O2. The average molecular weight is 267 g/mol. The molecule has 1 aliphatic heterocycles. The summed E-state index contributed by atoms with van der Waals surface area (Å²) in [5.74, 6) is 0.394. The van der Waals surface area contributed by atoms with Crippen molar-refractivity contribution in [1.29, 1.82) is 0 Å². The summed E-state index contributed by atoms with van der Waals surface area (Å²) in [4.78, 5) is 11.3. The predicted molar refractivity (Wildman–Crippen MR) is 77.3 cm³/mol. The molecule has 3 rings (SSSR count). The van der Waals surface area contributed by atoms with E-state index in [1.165, 1.54) is 6.92 Å². The van der Waals surface area contributed by atoms with E-state index in [1.807, 2.05) is 18.2 Å². The maximum atomic E-state index is 11.3. The van der Waals surface area contributed by atoms with E-state index in [1.54, 1.807) is 30.3 Å². The van der Waals surface area contributed by atoms with Gasteiger partial charge in [0.1, 0.15) is 0 Å². The number of rotatable bonds is 2. The third-order valence-corrected chi connectivity index (χ3v) is 3.16. The lowest BCUT2D eigenvalue weighted by atomic mass is 10.1. The zero-order chi connectivity index (χ0) is 14.1. The fraction of sp³-hybridized carbons (Fsp3) is 0.0667. The minimum Gasteiger partial charge on any atom is -0.295 e. The van der Waals surface area contributed by atoms with Crippen LogP contribution in [0.4, 0.5) is 11.4 Å². The van der Waals surface area contributed by atoms with Crippen molar-refractivity contribution in [3.8, 4) is 0 Å². The number of para-hydroxylation sites is 2. The van der Waals surface area contributed by atoms with E-state index >= 15 is 0 Å². The van der Waals surface area contributed by atoms with Gasteiger partial charge in [-0.3, -0.25) is 15.4 Å². The third-order valence-electron chi connectivity index (χ3n) is 3.16. The van der Waals surface area contributed by atoms with Crippen LogP contribution in [-0.2, 0) is 0 Å². The summed E-state index contributed by atoms with van der Waals surface area (Å²) in [6.07, 6.45) is 0. The van der Waals surface area contributed by atoms with Crippen molar-refractivity contribution in [2.45, 2.75) is 6.92 Å². The molecule has 0 unspecified atom stereocenters. The van der Waals surface area contributed by atoms with Gasteiger partial charge in [0.15, 0.2) is 11.6 Å². The number of anilines is 2. The zero-order valence-electron chi connectivity index (χ0n) is 10.9. The fourth-order valence-corrected chi connectivity index (χ4v) is 2.07. The van der Waals surface area contributed by atoms with E-state index in [0.29, 0.717) is 17.1 Å². The van der Waals surface area contributed by atoms with Crippen LogP contribution >= 0.6 is 0 Å². The molecule has 0 spiro atoms. The standard InChI is InChI=1S/C15H13N3O2/c1-10(19)11-6-8-12(9-7-11)15-17-16-13-4-2-3-5-14(13)18(15)20/h2-9,16,20H,1H3. The molecule has 5 heteroatoms. The molecular weight excluding hydrogens is 254 g/mol. The number of carbonyl (C=O) groups excluding carboxylic acids is 1. The van der Waals surface area contributed by atoms with Gasteiger partial charge in [0.25, 0.3) is 0 Å². The molecule has 0 atom stereocenters. The van der Waals surface area contributed by atoms with Crippen LogP contribution in [0.1, 0.15) is 22.8 Å². The van der Waals surface area contributed by atoms with Gasteiger partial charge in [-0.15, -0.1) is 0 Å². The summed E-state index contributed by atoms with van der Waals surface area (Å²) in [5.41, 5.74) is 5.62. The first-order valence-electron chi connectivity index (χ1n) is 6.20. The monoisotopic (exact) mass is 267 g/mol. The van der Waals surface area contributed by atoms with Crippen molar-refractivity contribution < 1.29 is 10.0 Å². The molecule has 0 amide bonds. The number of carbonyl (C=O) groups is 1. The van der Waals surface area contributed by atoms with Crippen molar-refractivity contribution in [3.05, 3.63) is 59.7 Å². The highest BCUT2D eigenvalue weighted by Gasteiger charge is 2.21. The second-order valence-corrected chi connectivity index (χ2v) is 4.51. The van der Waals surface area contributed by atoms with E-state index in [4.69, 9.17) is 0 Å². The molecule has 2 N–H and O–H groups in total. The highest BCUT2D eigenvalue weighted by molar-refractivity contribution is 6.11. The van der Waals surface area contributed by atoms with Gasteiger partial charge in [0, 0.05) is 11.1 Å². The molecule has 2 aromatic carbocycles. The molecule has 1 heterocycles. The topological polar surface area (TPSA) is 64.9 Å². The van der Waals surface area contributed by atoms with Crippen molar-refractivity contribution >= 4 is 23.0 Å². The molecule has 1 aliphatic rings. The number of amidine groups is 1. The molecule has 0 aromatic heterocycles. The Kier molecular flexibility index (Phi) is 2.96. The summed E-state index contributed by atoms with van der Waals surface area (Å²) >= 11 is 0. The number of hydrogen-bond donors (Lipinski definition) is 2. The number of nitrogens with one attached hydrogen (secondary N) is 1. The number of ketones is 1. The molecule has 20 heavy (non-hydrogen) atoms. The molecule has 0 saturated carbocycles. The largest absolute Gasteiger partial charge is 0.295 e. The second kappa shape index (κ2) is 4.79. The first-order chi connectivity index (χ1) is 9.66. The highest BCUT2D eigenvalue weighted by atomic mass is 16.5. The third kappa shape index (κ3) is 2.04. The van der Waals surface area contributed by atoms with Crippen LogP contribution in [0, 0.1) is 0 Å². The molecule has 0 fully saturated rings. The average Bonchev–Trinajstić information content (AvgIpc) is 2.48. The Balaban J connectivity index is 1.96. The molecule has 5 nitrogen and oxygen atoms in total. The Labute approximate surface area is 116 Å². The Morgan fingerprint density at radius 2 is 1.85 bits per heavy atom. The van der Waals surface area contributed by atoms with Gasteiger partial charge in [0.2, 0.25) is 0 Å². The van der Waals surface area contributed by atoms with Crippen LogP contribution in [0.25, 0.3) is 0 Å². The lowest BCUT2D eigenvalue weighted by Gasteiger charge is -2.25. The van der Waals surface area contributed by atoms with Crippen LogP contribution in [0.2, 0.25) is 0 Å². The summed E-state index contributed by atoms with van der Waals surface area (Å²) in [6.45, 7) is 1.52. The van der Waals surface area contributed by atoms with Crippen LogP contribution < -0.4 is 10.5 Å². The van der Waals surface area contributed by atoms with Gasteiger partial charge < -0.3 is 0 Å². The Morgan fingerprint density at radius 3 is 2.55 bits per heavy atom. The van der Waals surface area contributed by atoms with Gasteiger partial charge in [-0.05, 0) is 19.1 Å². The van der Waals surface area contributed by atoms with Crippen molar-refractivity contribution in [2.24, 2.45) is 5.10 Å². The van der Waals surface area contributed by atoms with E-state index in [2.05, 4.69) is 10.5 Å². The van der Waals surface area contributed by atoms with Crippen molar-refractivity contribution in [2.75, 3.05) is 10.5 Å². The van der Waals surface area contributed by atoms with Gasteiger partial charge in [-0.2, -0.15) is 5.10 Å². The lowest BCUT2D eigenvalue weighted by Crippen LogP contribution is -2.32. The molecule has 0 radical (unpaired) electrons. The number of hydrazone groups is 1. The minimum absolute atomic E-state index is 0.00598. The first kappa shape index (κ1) is 12.4. The highest BCUT2D eigenvalue weighted by Crippen LogP contribution is 2.29. The first-order valence-corrected chi connectivity index (χ1v) is 6.20. The number of nitrogens with zero attached hydrogens (tertiary/aromatic N) is 2. The van der Waals surface area contributed by atoms with E-state index in [9.17, 15) is 10.0 Å². The van der Waals surface area contributed by atoms with Crippen LogP contribution in [0.15, 0.2) is 53.6 Å². The number of hydroxylamine groups is 1. The van der Waals surface area contributed by atoms with Crippen molar-refractivity contribution in [3.63, 3.8) is 0 Å². The summed E-state index contributed by atoms with van der Waals surface area (Å²) in [5, 5.41) is 15.4. The van der Waals surface area contributed by atoms with E-state index < -0.39 is 0 Å². The van der Waals surface area contributed by atoms with E-state index in [-0.39, 0.29) is 5.78 Å². The van der Waals surface area contributed by atoms with Gasteiger partial charge in [0.05, 0.1) is 11.4 Å². The number of benzene rings is 2. The van der Waals surface area contributed by atoms with Crippen LogP contribution in [0.3, 0.4) is 0 Å². The van der Waals surface area contributed by atoms with Gasteiger partial charge in [-0.1, -0.05) is 36.4 Å². The Bertz CT molecular complexity index is 693. The lowest BCUT2D eigenvalue weighted by molar-refractivity contribution is 0.101. The van der Waals surface area contributed by atoms with E-state index in [0.717, 1.165) is 16.3 Å². The Hall–Kier alpha value is -2.66. The molecule has 0 saturated heterocycles. The number of Topliss-reactive ketones (excluding diaryl/α,β-unsaturated/α-hetero) is 1. The van der Waals surface area contributed by atoms with Crippen LogP contribution in [-0.4, -0.2) is 16.8 Å². The van der Waals surface area contributed by atoms with Gasteiger partial charge >= 0.3 is 0 Å². The molecule has 2 aromatic rings. The van der Waals surface area contributed by atoms with Crippen LogP contribution in [0.5, 0.6) is 0 Å². The molecule has 0 aliphatic carbocycles. The summed E-state index contributed by atoms with van der Waals surface area (Å²) in [6, 6.07) is 14.3. The SMILES string of the molecule is CC(=O)c1ccc(C2=NNc3ccccc3N2O)cc1.